The van der Waals surface area contributed by atoms with E-state index in [1.54, 1.807) is 0 Å². The highest BCUT2D eigenvalue weighted by molar-refractivity contribution is 6.01. The number of hydrogen-bond donors (Lipinski definition) is 0. The van der Waals surface area contributed by atoms with Crippen molar-refractivity contribution >= 4 is 23.8 Å². The van der Waals surface area contributed by atoms with Crippen LogP contribution in [-0.2, 0) is 28.7 Å². The number of carbonyl (C=O) groups excluding carboxylic acids is 4. The summed E-state index contributed by atoms with van der Waals surface area (Å²) in [5, 5.41) is 0. The van der Waals surface area contributed by atoms with Crippen molar-refractivity contribution in [3.05, 3.63) is 12.2 Å². The van der Waals surface area contributed by atoms with E-state index in [4.69, 9.17) is 0 Å². The third kappa shape index (κ3) is 4.04. The van der Waals surface area contributed by atoms with Crippen LogP contribution in [-0.4, -0.2) is 47.7 Å². The van der Waals surface area contributed by atoms with Crippen molar-refractivity contribution in [1.29, 1.82) is 0 Å². The Morgan fingerprint density at radius 2 is 1.95 bits per heavy atom. The van der Waals surface area contributed by atoms with Crippen molar-refractivity contribution in [2.24, 2.45) is 0 Å². The van der Waals surface area contributed by atoms with E-state index >= 15 is 0 Å². The van der Waals surface area contributed by atoms with Crippen LogP contribution in [0, 0.1) is 0 Å². The summed E-state index contributed by atoms with van der Waals surface area (Å²) in [6.07, 6.45) is -6.34. The minimum absolute atomic E-state index is 0.228. The van der Waals surface area contributed by atoms with Gasteiger partial charge in [-0.15, -0.1) is 0 Å². The van der Waals surface area contributed by atoms with Crippen molar-refractivity contribution in [1.82, 2.24) is 4.90 Å². The van der Waals surface area contributed by atoms with Gasteiger partial charge in [0, 0.05) is 6.92 Å². The number of alkyl halides is 3. The molecule has 0 saturated carbocycles. The quantitative estimate of drug-likeness (QED) is 0.421. The molecule has 1 saturated heterocycles. The lowest BCUT2D eigenvalue weighted by Gasteiger charge is -2.36. The minimum atomic E-state index is -4.98. The van der Waals surface area contributed by atoms with Crippen molar-refractivity contribution in [3.63, 3.8) is 0 Å². The Morgan fingerprint density at radius 1 is 1.38 bits per heavy atom. The molecule has 2 amide bonds. The number of nitrogens with zero attached hydrogens (tertiary/aromatic N) is 1. The lowest BCUT2D eigenvalue weighted by Crippen LogP contribution is -2.58. The number of amides is 2. The first-order valence-electron chi connectivity index (χ1n) is 5.49. The van der Waals surface area contributed by atoms with E-state index in [-0.39, 0.29) is 6.42 Å². The first kappa shape index (κ1) is 16.7. The van der Waals surface area contributed by atoms with E-state index in [0.717, 1.165) is 6.92 Å². The molecule has 1 fully saturated rings. The standard InChI is InChI=1S/C11H10F3NO6/c1-5(11(12,13)14)10(19)20-4-8(18)15-7(17)3-9(15)21-6(2)16/h9H,1,3-4H2,2H3. The van der Waals surface area contributed by atoms with Gasteiger partial charge in [0.25, 0.3) is 5.91 Å². The summed E-state index contributed by atoms with van der Waals surface area (Å²) < 4.78 is 45.1. The topological polar surface area (TPSA) is 90.0 Å². The molecule has 0 aromatic heterocycles. The van der Waals surface area contributed by atoms with Crippen LogP contribution >= 0.6 is 0 Å². The van der Waals surface area contributed by atoms with Crippen LogP contribution in [0.4, 0.5) is 13.2 Å². The van der Waals surface area contributed by atoms with Crippen LogP contribution in [0.5, 0.6) is 0 Å². The molecule has 0 aromatic rings. The number of likely N-dealkylation sites (tertiary alicyclic amines) is 1. The van der Waals surface area contributed by atoms with Gasteiger partial charge in [-0.2, -0.15) is 13.2 Å². The van der Waals surface area contributed by atoms with E-state index in [9.17, 15) is 32.3 Å². The Morgan fingerprint density at radius 3 is 2.38 bits per heavy atom. The zero-order valence-corrected chi connectivity index (χ0v) is 10.7. The average Bonchev–Trinajstić information content (AvgIpc) is 2.32. The molecule has 116 valence electrons. The number of ether oxygens (including phenoxy) is 2. The Balaban J connectivity index is 2.54. The van der Waals surface area contributed by atoms with Gasteiger partial charge < -0.3 is 9.47 Å². The second-order valence-corrected chi connectivity index (χ2v) is 3.98. The van der Waals surface area contributed by atoms with Gasteiger partial charge in [0.15, 0.2) is 12.8 Å². The molecule has 7 nitrogen and oxygen atoms in total. The normalized spacial score (nSPS) is 17.8. The first-order valence-corrected chi connectivity index (χ1v) is 5.49. The summed E-state index contributed by atoms with van der Waals surface area (Å²) in [7, 11) is 0. The molecule has 0 N–H and O–H groups in total. The Kier molecular flexibility index (Phi) is 4.71. The van der Waals surface area contributed by atoms with Gasteiger partial charge in [0.1, 0.15) is 5.57 Å². The molecule has 21 heavy (non-hydrogen) atoms. The fourth-order valence-electron chi connectivity index (χ4n) is 1.37. The maximum Gasteiger partial charge on any atom is 0.422 e. The van der Waals surface area contributed by atoms with Gasteiger partial charge in [-0.05, 0) is 0 Å². The molecule has 0 radical (unpaired) electrons. The number of imide groups is 1. The second-order valence-electron chi connectivity index (χ2n) is 3.98. The molecule has 10 heteroatoms. The number of carbonyl (C=O) groups is 4. The van der Waals surface area contributed by atoms with Gasteiger partial charge in [0.05, 0.1) is 6.42 Å². The van der Waals surface area contributed by atoms with Gasteiger partial charge in [-0.3, -0.25) is 14.4 Å². The summed E-state index contributed by atoms with van der Waals surface area (Å²) in [6, 6.07) is 0. The third-order valence-electron chi connectivity index (χ3n) is 2.39. The molecule has 0 bridgehead atoms. The summed E-state index contributed by atoms with van der Waals surface area (Å²) in [6.45, 7) is 2.45. The Bertz CT molecular complexity index is 513. The van der Waals surface area contributed by atoms with Crippen molar-refractivity contribution in [2.75, 3.05) is 6.61 Å². The highest BCUT2D eigenvalue weighted by Gasteiger charge is 2.44. The molecule has 1 aliphatic heterocycles. The highest BCUT2D eigenvalue weighted by Crippen LogP contribution is 2.25. The fourth-order valence-corrected chi connectivity index (χ4v) is 1.37. The van der Waals surface area contributed by atoms with Crippen LogP contribution in [0.25, 0.3) is 0 Å². The van der Waals surface area contributed by atoms with Crippen molar-refractivity contribution in [3.8, 4) is 0 Å². The lowest BCUT2D eigenvalue weighted by atomic mass is 10.1. The van der Waals surface area contributed by atoms with Crippen LogP contribution in [0.15, 0.2) is 12.2 Å². The number of halogens is 3. The van der Waals surface area contributed by atoms with E-state index in [0.29, 0.717) is 4.90 Å². The minimum Gasteiger partial charge on any atom is -0.452 e. The molecule has 1 aliphatic rings. The predicted octanol–water partition coefficient (Wildman–Crippen LogP) is 0.296. The average molecular weight is 309 g/mol. The van der Waals surface area contributed by atoms with Crippen LogP contribution in [0.3, 0.4) is 0 Å². The van der Waals surface area contributed by atoms with Crippen molar-refractivity contribution < 1.29 is 41.8 Å². The number of hydrogen-bond acceptors (Lipinski definition) is 6. The second kappa shape index (κ2) is 5.94. The number of β-lactam (4-membered cyclic amide) rings is 1. The Labute approximate surface area is 116 Å². The Hall–Kier alpha value is -2.39. The predicted molar refractivity (Wildman–Crippen MR) is 58.2 cm³/mol. The van der Waals surface area contributed by atoms with Crippen LogP contribution in [0.1, 0.15) is 13.3 Å². The summed E-state index contributed by atoms with van der Waals surface area (Å²) in [5.41, 5.74) is -1.78. The van der Waals surface area contributed by atoms with E-state index in [1.165, 1.54) is 0 Å². The van der Waals surface area contributed by atoms with Crippen molar-refractivity contribution in [2.45, 2.75) is 25.7 Å². The largest absolute Gasteiger partial charge is 0.452 e. The highest BCUT2D eigenvalue weighted by atomic mass is 19.4. The smallest absolute Gasteiger partial charge is 0.422 e. The molecule has 0 aromatic carbocycles. The van der Waals surface area contributed by atoms with Gasteiger partial charge in [0.2, 0.25) is 5.91 Å². The summed E-state index contributed by atoms with van der Waals surface area (Å²) in [4.78, 5) is 44.9. The van der Waals surface area contributed by atoms with Gasteiger partial charge in [-0.1, -0.05) is 6.58 Å². The van der Waals surface area contributed by atoms with Crippen LogP contribution in [0.2, 0.25) is 0 Å². The van der Waals surface area contributed by atoms with E-state index < -0.39 is 48.3 Å². The summed E-state index contributed by atoms with van der Waals surface area (Å²) in [5.74, 6) is -4.36. The van der Waals surface area contributed by atoms with Crippen LogP contribution < -0.4 is 0 Å². The zero-order valence-electron chi connectivity index (χ0n) is 10.7. The van der Waals surface area contributed by atoms with Gasteiger partial charge in [-0.25, -0.2) is 9.69 Å². The molecular weight excluding hydrogens is 299 g/mol. The number of rotatable bonds is 4. The first-order chi connectivity index (χ1) is 9.54. The molecule has 0 aliphatic carbocycles. The summed E-state index contributed by atoms with van der Waals surface area (Å²) >= 11 is 0. The van der Waals surface area contributed by atoms with E-state index in [1.807, 2.05) is 0 Å². The maximum atomic E-state index is 12.1. The molecule has 0 spiro atoms. The van der Waals surface area contributed by atoms with Gasteiger partial charge >= 0.3 is 18.1 Å². The lowest BCUT2D eigenvalue weighted by molar-refractivity contribution is -0.189. The monoisotopic (exact) mass is 309 g/mol. The fraction of sp³-hybridized carbons (Fsp3) is 0.455. The molecular formula is C11H10F3NO6. The van der Waals surface area contributed by atoms with E-state index in [2.05, 4.69) is 16.1 Å². The molecule has 1 rings (SSSR count). The molecule has 1 heterocycles. The number of esters is 2. The maximum absolute atomic E-state index is 12.1. The molecule has 1 unspecified atom stereocenters. The molecule has 1 atom stereocenters. The zero-order chi connectivity index (χ0) is 16.4. The SMILES string of the molecule is C=C(C(=O)OCC(=O)N1C(=O)CC1OC(C)=O)C(F)(F)F. The third-order valence-corrected chi connectivity index (χ3v) is 2.39.